The minimum atomic E-state index is -1.70. The zero-order chi connectivity index (χ0) is 9.12. The summed E-state index contributed by atoms with van der Waals surface area (Å²) in [6.45, 7) is -0.0503. The Morgan fingerprint density at radius 2 is 1.45 bits per heavy atom. The van der Waals surface area contributed by atoms with Crippen LogP contribution in [0.5, 0.6) is 0 Å². The Hall–Kier alpha value is 2.98. The maximum Gasteiger partial charge on any atom is 0.299 e. The van der Waals surface area contributed by atoms with Crippen LogP contribution in [-0.4, -0.2) is 10.4 Å². The summed E-state index contributed by atoms with van der Waals surface area (Å²) in [7, 11) is 0. The van der Waals surface area contributed by atoms with Crippen LogP contribution >= 0.6 is 103 Å². The van der Waals surface area contributed by atoms with Crippen LogP contribution in [0.15, 0.2) is 0 Å². The van der Waals surface area contributed by atoms with Gasteiger partial charge in [0.2, 0.25) is -0.379 Å². The van der Waals surface area contributed by atoms with E-state index in [0.29, 0.717) is 0 Å². The highest BCUT2D eigenvalue weighted by molar-refractivity contribution is 14.3. The predicted octanol–water partition coefficient (Wildman–Crippen LogP) is 4.22. The highest BCUT2D eigenvalue weighted by Gasteiger charge is 2.23. The van der Waals surface area contributed by atoms with E-state index in [1.54, 1.807) is 0 Å². The van der Waals surface area contributed by atoms with Crippen molar-refractivity contribution in [2.75, 3.05) is 6.79 Å². The minimum absolute atomic E-state index is 0.0503. The van der Waals surface area contributed by atoms with Crippen molar-refractivity contribution in [2.24, 2.45) is 0 Å². The molecule has 0 aliphatic carbocycles. The van der Waals surface area contributed by atoms with Gasteiger partial charge in [-0.25, -0.2) is 0 Å². The first kappa shape index (κ1) is 14.0. The maximum absolute atomic E-state index is 5.28. The van der Waals surface area contributed by atoms with Gasteiger partial charge in [-0.2, -0.15) is 0 Å². The van der Waals surface area contributed by atoms with E-state index in [-0.39, 0.29) is 6.41 Å². The SMILES string of the molecule is ClC(Cl)(Cl)OCOC(I)(I)I. The van der Waals surface area contributed by atoms with Gasteiger partial charge in [0.15, 0.2) is 6.79 Å². The van der Waals surface area contributed by atoms with Crippen LogP contribution in [0.3, 0.4) is 0 Å². The van der Waals surface area contributed by atoms with Gasteiger partial charge in [0.1, 0.15) is 0 Å². The van der Waals surface area contributed by atoms with Gasteiger partial charge in [-0.05, 0) is 67.8 Å². The van der Waals surface area contributed by atoms with Crippen molar-refractivity contribution >= 4 is 103 Å². The Labute approximate surface area is 120 Å². The molecule has 0 rings (SSSR count). The van der Waals surface area contributed by atoms with E-state index in [9.17, 15) is 0 Å². The van der Waals surface area contributed by atoms with E-state index < -0.39 is 3.98 Å². The molecule has 0 saturated heterocycles. The van der Waals surface area contributed by atoms with Gasteiger partial charge in [0.05, 0.1) is 0 Å². The molecule has 0 spiro atoms. The topological polar surface area (TPSA) is 18.5 Å². The molecular formula is C3H2Cl3I3O2. The zero-order valence-corrected chi connectivity index (χ0v) is 13.5. The van der Waals surface area contributed by atoms with Gasteiger partial charge in [0.25, 0.3) is 3.98 Å². The molecule has 11 heavy (non-hydrogen) atoms. The van der Waals surface area contributed by atoms with Gasteiger partial charge in [-0.3, -0.25) is 0 Å². The average Bonchev–Trinajstić information content (AvgIpc) is 1.55. The third kappa shape index (κ3) is 13.0. The lowest BCUT2D eigenvalue weighted by Crippen LogP contribution is -2.16. The van der Waals surface area contributed by atoms with Crippen LogP contribution in [-0.2, 0) is 9.47 Å². The summed E-state index contributed by atoms with van der Waals surface area (Å²) < 4.78 is 7.68. The quantitative estimate of drug-likeness (QED) is 0.294. The fourth-order valence-corrected chi connectivity index (χ4v) is 0.678. The van der Waals surface area contributed by atoms with Gasteiger partial charge in [-0.1, -0.05) is 34.8 Å². The Kier molecular flexibility index (Phi) is 7.32. The Morgan fingerprint density at radius 3 is 1.73 bits per heavy atom. The molecule has 0 aliphatic rings. The van der Waals surface area contributed by atoms with Crippen LogP contribution < -0.4 is 0 Å². The van der Waals surface area contributed by atoms with Crippen molar-refractivity contribution in [2.45, 2.75) is 3.60 Å². The number of halogens is 6. The number of alkyl halides is 6. The summed E-state index contributed by atoms with van der Waals surface area (Å²) in [4.78, 5) is 0. The molecule has 0 fully saturated rings. The lowest BCUT2D eigenvalue weighted by atomic mass is 11.3. The Balaban J connectivity index is 3.44. The molecule has 0 aromatic carbocycles. The fourth-order valence-electron chi connectivity index (χ4n) is 0.163. The number of ether oxygens (including phenoxy) is 2. The minimum Gasteiger partial charge on any atom is -0.320 e. The standard InChI is InChI=1S/C3H2Cl3I3O2/c4-2(5,6)10-1-11-3(7,8)9/h1H2. The highest BCUT2D eigenvalue weighted by atomic mass is 127. The zero-order valence-electron chi connectivity index (χ0n) is 4.79. The lowest BCUT2D eigenvalue weighted by molar-refractivity contribution is -0.0451. The summed E-state index contributed by atoms with van der Waals surface area (Å²) in [6, 6.07) is 0. The normalized spacial score (nSPS) is 13.6. The summed E-state index contributed by atoms with van der Waals surface area (Å²) in [6.07, 6.45) is 0. The van der Waals surface area contributed by atoms with Gasteiger partial charge >= 0.3 is 0 Å². The predicted molar refractivity (Wildman–Crippen MR) is 72.1 cm³/mol. The maximum atomic E-state index is 5.28. The highest BCUT2D eigenvalue weighted by Crippen LogP contribution is 2.37. The smallest absolute Gasteiger partial charge is 0.299 e. The molecule has 0 N–H and O–H groups in total. The first-order valence-corrected chi connectivity index (χ1v) is 6.49. The van der Waals surface area contributed by atoms with Crippen LogP contribution in [0.25, 0.3) is 0 Å². The van der Waals surface area contributed by atoms with E-state index in [4.69, 9.17) is 39.5 Å². The molecule has 0 aliphatic heterocycles. The monoisotopic (exact) mass is 556 g/mol. The first-order chi connectivity index (χ1) is 4.71. The van der Waals surface area contributed by atoms with E-state index in [1.165, 1.54) is 0 Å². The molecule has 0 unspecified atom stereocenters. The second-order valence-electron chi connectivity index (χ2n) is 1.30. The molecule has 0 heterocycles. The van der Waals surface area contributed by atoms with E-state index in [1.807, 2.05) is 0 Å². The summed E-state index contributed by atoms with van der Waals surface area (Å²) in [5.41, 5.74) is 0. The summed E-state index contributed by atoms with van der Waals surface area (Å²) in [5, 5.41) is 0. The van der Waals surface area contributed by atoms with Gasteiger partial charge < -0.3 is 9.47 Å². The molecule has 68 valence electrons. The number of hydrogen-bond acceptors (Lipinski definition) is 2. The Morgan fingerprint density at radius 1 is 1.00 bits per heavy atom. The fraction of sp³-hybridized carbons (Fsp3) is 1.00. The molecule has 2 nitrogen and oxygen atoms in total. The summed E-state index contributed by atoms with van der Waals surface area (Å²) >= 11 is 22.1. The van der Waals surface area contributed by atoms with Crippen molar-refractivity contribution < 1.29 is 9.47 Å². The second kappa shape index (κ2) is 5.76. The van der Waals surface area contributed by atoms with Crippen molar-refractivity contribution in [3.63, 3.8) is 0 Å². The van der Waals surface area contributed by atoms with Crippen molar-refractivity contribution in [3.05, 3.63) is 0 Å². The molecule has 0 radical (unpaired) electrons. The molecule has 0 aromatic rings. The summed E-state index contributed by atoms with van der Waals surface area (Å²) in [5.74, 6) is 0. The van der Waals surface area contributed by atoms with Gasteiger partial charge in [0, 0.05) is 0 Å². The molecular weight excluding hydrogens is 555 g/mol. The van der Waals surface area contributed by atoms with Crippen LogP contribution in [0.1, 0.15) is 0 Å². The van der Waals surface area contributed by atoms with E-state index in [0.717, 1.165) is 0 Å². The Bertz CT molecular complexity index is 106. The van der Waals surface area contributed by atoms with Gasteiger partial charge in [-0.15, -0.1) is 0 Å². The molecule has 0 amide bonds. The molecule has 0 atom stereocenters. The molecule has 0 aromatic heterocycles. The molecule has 0 saturated carbocycles. The van der Waals surface area contributed by atoms with E-state index in [2.05, 4.69) is 72.5 Å². The first-order valence-electron chi connectivity index (χ1n) is 2.12. The lowest BCUT2D eigenvalue weighted by Gasteiger charge is -2.16. The van der Waals surface area contributed by atoms with Crippen LogP contribution in [0, 0.1) is 0 Å². The third-order valence-electron chi connectivity index (χ3n) is 0.445. The molecule has 0 bridgehead atoms. The average molecular weight is 557 g/mol. The van der Waals surface area contributed by atoms with Crippen molar-refractivity contribution in [1.29, 1.82) is 0 Å². The third-order valence-corrected chi connectivity index (χ3v) is 1.71. The van der Waals surface area contributed by atoms with E-state index >= 15 is 0 Å². The van der Waals surface area contributed by atoms with Crippen molar-refractivity contribution in [1.82, 2.24) is 0 Å². The molecule has 8 heteroatoms. The van der Waals surface area contributed by atoms with Crippen LogP contribution in [0.4, 0.5) is 0 Å². The van der Waals surface area contributed by atoms with Crippen molar-refractivity contribution in [3.8, 4) is 0 Å². The number of hydrogen-bond donors (Lipinski definition) is 0. The largest absolute Gasteiger partial charge is 0.320 e. The number of rotatable bonds is 3. The van der Waals surface area contributed by atoms with Crippen LogP contribution in [0.2, 0.25) is 0 Å². The second-order valence-corrected chi connectivity index (χ2v) is 14.2.